The van der Waals surface area contributed by atoms with E-state index < -0.39 is 6.43 Å². The molecule has 3 rings (SSSR count). The maximum Gasteiger partial charge on any atom is 0.317 e. The zero-order valence-electron chi connectivity index (χ0n) is 14.4. The molecule has 0 bridgehead atoms. The van der Waals surface area contributed by atoms with Crippen molar-refractivity contribution in [3.8, 4) is 0 Å². The summed E-state index contributed by atoms with van der Waals surface area (Å²) in [4.78, 5) is 18.9. The normalized spacial score (nSPS) is 27.3. The lowest BCUT2D eigenvalue weighted by Gasteiger charge is -2.34. The van der Waals surface area contributed by atoms with Crippen molar-refractivity contribution < 1.29 is 13.6 Å². The number of rotatable bonds is 5. The van der Waals surface area contributed by atoms with E-state index in [9.17, 15) is 13.6 Å². The molecule has 3 aliphatic rings. The van der Waals surface area contributed by atoms with Gasteiger partial charge in [-0.3, -0.25) is 4.90 Å². The minimum atomic E-state index is -2.27. The SMILES string of the molecule is O=C(NC1CCN(CC(F)F)CC1)N1CCC[C@@H]1CN1CCCC1. The highest BCUT2D eigenvalue weighted by atomic mass is 19.3. The Morgan fingerprint density at radius 3 is 2.33 bits per heavy atom. The monoisotopic (exact) mass is 344 g/mol. The van der Waals surface area contributed by atoms with Crippen LogP contribution in [0.5, 0.6) is 0 Å². The number of hydrogen-bond donors (Lipinski definition) is 1. The number of nitrogens with zero attached hydrogens (tertiary/aromatic N) is 3. The second-order valence-corrected chi connectivity index (χ2v) is 7.41. The Bertz CT molecular complexity index is 409. The second kappa shape index (κ2) is 8.43. The van der Waals surface area contributed by atoms with Gasteiger partial charge in [-0.15, -0.1) is 0 Å². The van der Waals surface area contributed by atoms with E-state index in [-0.39, 0.29) is 18.6 Å². The predicted octanol–water partition coefficient (Wildman–Crippen LogP) is 1.99. The Hall–Kier alpha value is -0.950. The molecule has 0 saturated carbocycles. The molecule has 0 unspecified atom stereocenters. The van der Waals surface area contributed by atoms with Crippen LogP contribution in [0.2, 0.25) is 0 Å². The van der Waals surface area contributed by atoms with Crippen LogP contribution < -0.4 is 5.32 Å². The van der Waals surface area contributed by atoms with Gasteiger partial charge in [-0.25, -0.2) is 13.6 Å². The van der Waals surface area contributed by atoms with Gasteiger partial charge >= 0.3 is 6.03 Å². The largest absolute Gasteiger partial charge is 0.335 e. The van der Waals surface area contributed by atoms with E-state index in [0.29, 0.717) is 19.1 Å². The number of alkyl halides is 2. The minimum absolute atomic E-state index is 0.0454. The number of hydrogen-bond acceptors (Lipinski definition) is 3. The summed E-state index contributed by atoms with van der Waals surface area (Å²) in [7, 11) is 0. The van der Waals surface area contributed by atoms with Gasteiger partial charge in [0.15, 0.2) is 0 Å². The number of carbonyl (C=O) groups excluding carboxylic acids is 1. The third-order valence-corrected chi connectivity index (χ3v) is 5.62. The summed E-state index contributed by atoms with van der Waals surface area (Å²) in [6.45, 7) is 5.31. The van der Waals surface area contributed by atoms with Gasteiger partial charge in [-0.2, -0.15) is 0 Å². The molecule has 2 amide bonds. The van der Waals surface area contributed by atoms with E-state index in [1.165, 1.54) is 12.8 Å². The van der Waals surface area contributed by atoms with Gasteiger partial charge in [0.25, 0.3) is 6.43 Å². The molecule has 3 aliphatic heterocycles. The number of carbonyl (C=O) groups is 1. The summed E-state index contributed by atoms with van der Waals surface area (Å²) < 4.78 is 24.8. The second-order valence-electron chi connectivity index (χ2n) is 7.41. The Balaban J connectivity index is 1.42. The highest BCUT2D eigenvalue weighted by Gasteiger charge is 2.32. The van der Waals surface area contributed by atoms with Crippen LogP contribution in [0.1, 0.15) is 38.5 Å². The Morgan fingerprint density at radius 2 is 1.67 bits per heavy atom. The summed E-state index contributed by atoms with van der Waals surface area (Å²) in [6, 6.07) is 0.505. The number of urea groups is 1. The topological polar surface area (TPSA) is 38.8 Å². The molecule has 5 nitrogen and oxygen atoms in total. The first-order valence-corrected chi connectivity index (χ1v) is 9.42. The predicted molar refractivity (Wildman–Crippen MR) is 89.4 cm³/mol. The number of nitrogens with one attached hydrogen (secondary N) is 1. The highest BCUT2D eigenvalue weighted by molar-refractivity contribution is 5.75. The molecule has 0 aromatic heterocycles. The molecule has 3 saturated heterocycles. The molecule has 3 fully saturated rings. The van der Waals surface area contributed by atoms with Crippen LogP contribution in [0.25, 0.3) is 0 Å². The van der Waals surface area contributed by atoms with Crippen molar-refractivity contribution in [2.24, 2.45) is 0 Å². The first kappa shape index (κ1) is 17.9. The maximum atomic E-state index is 12.6. The Labute approximate surface area is 143 Å². The maximum absolute atomic E-state index is 12.6. The van der Waals surface area contributed by atoms with E-state index in [1.54, 1.807) is 4.90 Å². The van der Waals surface area contributed by atoms with Crippen LogP contribution >= 0.6 is 0 Å². The van der Waals surface area contributed by atoms with Gasteiger partial charge in [0.05, 0.1) is 6.54 Å². The lowest BCUT2D eigenvalue weighted by molar-refractivity contribution is 0.0728. The smallest absolute Gasteiger partial charge is 0.317 e. The van der Waals surface area contributed by atoms with Crippen LogP contribution in [0.4, 0.5) is 13.6 Å². The summed E-state index contributed by atoms with van der Waals surface area (Å²) >= 11 is 0. The average Bonchev–Trinajstić information content (AvgIpc) is 3.21. The van der Waals surface area contributed by atoms with Crippen LogP contribution in [-0.4, -0.2) is 85.1 Å². The molecule has 0 aromatic carbocycles. The zero-order valence-corrected chi connectivity index (χ0v) is 14.4. The number of piperidine rings is 1. The summed E-state index contributed by atoms with van der Waals surface area (Å²) in [5, 5.41) is 3.14. The number of halogens is 2. The first-order chi connectivity index (χ1) is 11.6. The lowest BCUT2D eigenvalue weighted by Crippen LogP contribution is -2.52. The standard InChI is InChI=1S/C17H30F2N4O/c18-16(19)13-22-10-5-14(6-11-22)20-17(24)23-9-3-4-15(23)12-21-7-1-2-8-21/h14-16H,1-13H2,(H,20,24)/t15-/m1/s1. The Kier molecular flexibility index (Phi) is 6.27. The van der Waals surface area contributed by atoms with Crippen molar-refractivity contribution in [3.05, 3.63) is 0 Å². The molecular formula is C17H30F2N4O. The van der Waals surface area contributed by atoms with Crippen molar-refractivity contribution >= 4 is 6.03 Å². The van der Waals surface area contributed by atoms with Crippen molar-refractivity contribution in [1.82, 2.24) is 20.0 Å². The molecule has 0 radical (unpaired) electrons. The molecule has 0 aliphatic carbocycles. The van der Waals surface area contributed by atoms with Gasteiger partial charge < -0.3 is 15.1 Å². The molecule has 1 atom stereocenters. The van der Waals surface area contributed by atoms with E-state index in [4.69, 9.17) is 0 Å². The molecule has 24 heavy (non-hydrogen) atoms. The summed E-state index contributed by atoms with van der Waals surface area (Å²) in [5.74, 6) is 0. The van der Waals surface area contributed by atoms with Crippen LogP contribution in [0.3, 0.4) is 0 Å². The quantitative estimate of drug-likeness (QED) is 0.829. The van der Waals surface area contributed by atoms with E-state index in [0.717, 1.165) is 51.9 Å². The molecule has 0 spiro atoms. The van der Waals surface area contributed by atoms with Gasteiger partial charge in [0, 0.05) is 38.3 Å². The van der Waals surface area contributed by atoms with E-state index in [2.05, 4.69) is 10.2 Å². The molecule has 7 heteroatoms. The number of likely N-dealkylation sites (tertiary alicyclic amines) is 3. The van der Waals surface area contributed by atoms with Gasteiger partial charge in [-0.1, -0.05) is 0 Å². The first-order valence-electron chi connectivity index (χ1n) is 9.42. The van der Waals surface area contributed by atoms with Gasteiger partial charge in [-0.05, 0) is 51.6 Å². The van der Waals surface area contributed by atoms with Crippen LogP contribution in [0, 0.1) is 0 Å². The fourth-order valence-corrected chi connectivity index (χ4v) is 4.27. The van der Waals surface area contributed by atoms with E-state index in [1.807, 2.05) is 4.90 Å². The lowest BCUT2D eigenvalue weighted by atomic mass is 10.1. The van der Waals surface area contributed by atoms with Crippen LogP contribution in [-0.2, 0) is 0 Å². The fraction of sp³-hybridized carbons (Fsp3) is 0.941. The third kappa shape index (κ3) is 4.79. The van der Waals surface area contributed by atoms with Crippen molar-refractivity contribution in [2.75, 3.05) is 45.8 Å². The Morgan fingerprint density at radius 1 is 0.958 bits per heavy atom. The van der Waals surface area contributed by atoms with Crippen molar-refractivity contribution in [1.29, 1.82) is 0 Å². The van der Waals surface area contributed by atoms with Crippen molar-refractivity contribution in [3.63, 3.8) is 0 Å². The minimum Gasteiger partial charge on any atom is -0.335 e. The van der Waals surface area contributed by atoms with Crippen LogP contribution in [0.15, 0.2) is 0 Å². The number of amides is 2. The summed E-state index contributed by atoms with van der Waals surface area (Å²) in [5.41, 5.74) is 0. The van der Waals surface area contributed by atoms with Gasteiger partial charge in [0.2, 0.25) is 0 Å². The summed E-state index contributed by atoms with van der Waals surface area (Å²) in [6.07, 6.45) is 3.99. The zero-order chi connectivity index (χ0) is 16.9. The molecule has 138 valence electrons. The van der Waals surface area contributed by atoms with Gasteiger partial charge in [0.1, 0.15) is 0 Å². The third-order valence-electron chi connectivity index (χ3n) is 5.62. The molecule has 3 heterocycles. The van der Waals surface area contributed by atoms with E-state index >= 15 is 0 Å². The fourth-order valence-electron chi connectivity index (χ4n) is 4.27. The molecule has 1 N–H and O–H groups in total. The molecular weight excluding hydrogens is 314 g/mol. The highest BCUT2D eigenvalue weighted by Crippen LogP contribution is 2.21. The molecule has 0 aromatic rings. The van der Waals surface area contributed by atoms with Crippen molar-refractivity contribution in [2.45, 2.75) is 57.0 Å². The average molecular weight is 344 g/mol.